The average Bonchev–Trinajstić information content (AvgIpc) is 2.83. The molecular formula is C13H16FNS. The number of hydrogen-bond acceptors (Lipinski definition) is 2. The quantitative estimate of drug-likeness (QED) is 0.861. The van der Waals surface area contributed by atoms with Crippen molar-refractivity contribution < 1.29 is 4.39 Å². The minimum absolute atomic E-state index is 0.118. The van der Waals surface area contributed by atoms with Gasteiger partial charge in [0, 0.05) is 11.1 Å². The highest BCUT2D eigenvalue weighted by Gasteiger charge is 2.08. The summed E-state index contributed by atoms with van der Waals surface area (Å²) in [5, 5.41) is 3.18. The van der Waals surface area contributed by atoms with Crippen LogP contribution in [-0.2, 0) is 6.42 Å². The van der Waals surface area contributed by atoms with Crippen molar-refractivity contribution in [3.05, 3.63) is 41.6 Å². The Morgan fingerprint density at radius 1 is 1.38 bits per heavy atom. The van der Waals surface area contributed by atoms with Crippen LogP contribution >= 0.6 is 11.8 Å². The highest BCUT2D eigenvalue weighted by molar-refractivity contribution is 8.08. The van der Waals surface area contributed by atoms with Gasteiger partial charge in [0.05, 0.1) is 12.6 Å². The molecule has 0 saturated heterocycles. The van der Waals surface area contributed by atoms with Crippen molar-refractivity contribution in [1.82, 2.24) is 5.32 Å². The number of halogens is 1. The third kappa shape index (κ3) is 2.79. The molecule has 16 heavy (non-hydrogen) atoms. The lowest BCUT2D eigenvalue weighted by atomic mass is 10.0. The first-order chi connectivity index (χ1) is 7.79. The van der Waals surface area contributed by atoms with Gasteiger partial charge in [0.15, 0.2) is 0 Å². The van der Waals surface area contributed by atoms with Crippen molar-refractivity contribution in [2.75, 3.05) is 12.6 Å². The van der Waals surface area contributed by atoms with E-state index in [1.165, 1.54) is 16.0 Å². The summed E-state index contributed by atoms with van der Waals surface area (Å²) < 4.78 is 12.4. The summed E-state index contributed by atoms with van der Waals surface area (Å²) in [5.41, 5.74) is 2.46. The van der Waals surface area contributed by atoms with Gasteiger partial charge in [-0.2, -0.15) is 0 Å². The molecule has 86 valence electrons. The van der Waals surface area contributed by atoms with Gasteiger partial charge in [0.25, 0.3) is 0 Å². The molecular weight excluding hydrogens is 221 g/mol. The van der Waals surface area contributed by atoms with Crippen molar-refractivity contribution in [3.63, 3.8) is 0 Å². The number of rotatable bonds is 4. The van der Waals surface area contributed by atoms with Crippen molar-refractivity contribution in [1.29, 1.82) is 0 Å². The molecule has 0 saturated carbocycles. The summed E-state index contributed by atoms with van der Waals surface area (Å²) in [7, 11) is 0. The number of nitrogens with one attached hydrogen (secondary N) is 1. The van der Waals surface area contributed by atoms with Crippen molar-refractivity contribution >= 4 is 16.7 Å². The molecule has 1 nitrogen and oxygen atoms in total. The zero-order valence-electron chi connectivity index (χ0n) is 9.37. The molecule has 1 aliphatic heterocycles. The molecule has 1 aromatic carbocycles. The van der Waals surface area contributed by atoms with Crippen LogP contribution in [0.5, 0.6) is 0 Å². The normalized spacial score (nSPS) is 16.8. The van der Waals surface area contributed by atoms with E-state index in [2.05, 4.69) is 29.6 Å². The second-order valence-electron chi connectivity index (χ2n) is 4.16. The van der Waals surface area contributed by atoms with Crippen LogP contribution in [-0.4, -0.2) is 12.6 Å². The first-order valence-electron chi connectivity index (χ1n) is 5.51. The molecule has 0 radical (unpaired) electrons. The Bertz CT molecular complexity index is 372. The van der Waals surface area contributed by atoms with Gasteiger partial charge >= 0.3 is 0 Å². The lowest BCUT2D eigenvalue weighted by Gasteiger charge is -2.07. The minimum Gasteiger partial charge on any atom is -0.381 e. The first kappa shape index (κ1) is 11.5. The summed E-state index contributed by atoms with van der Waals surface area (Å²) in [4.78, 5) is 1.28. The van der Waals surface area contributed by atoms with E-state index < -0.39 is 0 Å². The molecule has 1 atom stereocenters. The Balaban J connectivity index is 2.04. The molecule has 1 aliphatic rings. The van der Waals surface area contributed by atoms with Crippen molar-refractivity contribution in [2.24, 2.45) is 5.92 Å². The van der Waals surface area contributed by atoms with E-state index in [1.54, 1.807) is 0 Å². The number of benzene rings is 1. The van der Waals surface area contributed by atoms with Gasteiger partial charge in [-0.25, -0.2) is 0 Å². The van der Waals surface area contributed by atoms with Gasteiger partial charge < -0.3 is 5.32 Å². The van der Waals surface area contributed by atoms with Crippen LogP contribution in [0.15, 0.2) is 30.5 Å². The van der Waals surface area contributed by atoms with Gasteiger partial charge in [0.1, 0.15) is 0 Å². The second-order valence-corrected chi connectivity index (χ2v) is 5.18. The van der Waals surface area contributed by atoms with E-state index in [1.807, 2.05) is 24.9 Å². The topological polar surface area (TPSA) is 12.0 Å². The lowest BCUT2D eigenvalue weighted by Crippen LogP contribution is -2.01. The second kappa shape index (κ2) is 5.39. The average molecular weight is 237 g/mol. The maximum Gasteiger partial charge on any atom is 0.0923 e. The highest BCUT2D eigenvalue weighted by Crippen LogP contribution is 2.29. The van der Waals surface area contributed by atoms with Gasteiger partial charge in [-0.05, 0) is 23.5 Å². The summed E-state index contributed by atoms with van der Waals surface area (Å²) in [6, 6.07) is 8.43. The molecule has 0 aromatic heterocycles. The van der Waals surface area contributed by atoms with Crippen LogP contribution in [0, 0.1) is 5.92 Å². The third-order valence-electron chi connectivity index (χ3n) is 2.63. The number of thioether (sulfide) groups is 1. The van der Waals surface area contributed by atoms with Crippen LogP contribution in [0.1, 0.15) is 18.1 Å². The highest BCUT2D eigenvalue weighted by atomic mass is 32.2. The number of hydrogen-bond donors (Lipinski definition) is 1. The zero-order valence-corrected chi connectivity index (χ0v) is 10.2. The fourth-order valence-electron chi connectivity index (χ4n) is 1.72. The molecule has 0 spiro atoms. The Morgan fingerprint density at radius 2 is 2.12 bits per heavy atom. The molecule has 1 N–H and O–H groups in total. The van der Waals surface area contributed by atoms with E-state index in [-0.39, 0.29) is 12.6 Å². The van der Waals surface area contributed by atoms with Gasteiger partial charge in [-0.15, -0.1) is 11.8 Å². The van der Waals surface area contributed by atoms with Crippen LogP contribution in [0.2, 0.25) is 0 Å². The molecule has 0 fully saturated rings. The Hall–Kier alpha value is -0.960. The monoisotopic (exact) mass is 237 g/mol. The Morgan fingerprint density at radius 3 is 2.69 bits per heavy atom. The van der Waals surface area contributed by atoms with Crippen LogP contribution < -0.4 is 5.32 Å². The molecule has 0 aliphatic carbocycles. The van der Waals surface area contributed by atoms with Gasteiger partial charge in [-0.1, -0.05) is 31.2 Å². The third-order valence-corrected chi connectivity index (χ3v) is 3.61. The largest absolute Gasteiger partial charge is 0.381 e. The number of alkyl halides is 1. The predicted octanol–water partition coefficient (Wildman–Crippen LogP) is 3.43. The van der Waals surface area contributed by atoms with E-state index in [4.69, 9.17) is 0 Å². The maximum atomic E-state index is 12.4. The van der Waals surface area contributed by atoms with Crippen LogP contribution in [0.25, 0.3) is 4.91 Å². The van der Waals surface area contributed by atoms with Crippen LogP contribution in [0.3, 0.4) is 0 Å². The molecule has 1 heterocycles. The molecule has 0 unspecified atom stereocenters. The van der Waals surface area contributed by atoms with Gasteiger partial charge in [-0.3, -0.25) is 4.39 Å². The van der Waals surface area contributed by atoms with Crippen LogP contribution in [0.4, 0.5) is 4.39 Å². The lowest BCUT2D eigenvalue weighted by molar-refractivity contribution is 0.381. The molecule has 2 rings (SSSR count). The summed E-state index contributed by atoms with van der Waals surface area (Å²) in [5.74, 6) is 1.07. The Labute approximate surface area is 100 Å². The van der Waals surface area contributed by atoms with Crippen molar-refractivity contribution in [3.8, 4) is 0 Å². The van der Waals surface area contributed by atoms with Crippen molar-refractivity contribution in [2.45, 2.75) is 13.3 Å². The maximum absolute atomic E-state index is 12.4. The molecule has 3 heteroatoms. The van der Waals surface area contributed by atoms with Gasteiger partial charge in [0.2, 0.25) is 0 Å². The van der Waals surface area contributed by atoms with E-state index in [0.29, 0.717) is 0 Å². The van der Waals surface area contributed by atoms with E-state index in [0.717, 1.165) is 12.3 Å². The molecule has 1 aromatic rings. The van der Waals surface area contributed by atoms with E-state index >= 15 is 0 Å². The smallest absolute Gasteiger partial charge is 0.0923 e. The summed E-state index contributed by atoms with van der Waals surface area (Å²) in [6.45, 7) is 1.69. The molecule has 0 bridgehead atoms. The standard InChI is InChI=1S/C13H16FNS/c1-10(7-14)6-11-2-4-12(5-3-11)13-8-15-9-16-13/h2-5,8,10,15H,6-7,9H2,1H3/t10-/m0/s1. The summed E-state index contributed by atoms with van der Waals surface area (Å²) in [6.07, 6.45) is 2.87. The first-order valence-corrected chi connectivity index (χ1v) is 6.50. The fourth-order valence-corrected chi connectivity index (χ4v) is 2.52. The van der Waals surface area contributed by atoms with E-state index in [9.17, 15) is 4.39 Å². The fraction of sp³-hybridized carbons (Fsp3) is 0.385. The minimum atomic E-state index is -0.243. The zero-order chi connectivity index (χ0) is 11.4. The summed E-state index contributed by atoms with van der Waals surface area (Å²) >= 11 is 1.81. The predicted molar refractivity (Wildman–Crippen MR) is 68.9 cm³/mol. The Kier molecular flexibility index (Phi) is 3.88. The SMILES string of the molecule is C[C@H](CF)Cc1ccc(C2=CNCS2)cc1. The molecule has 0 amide bonds.